The summed E-state index contributed by atoms with van der Waals surface area (Å²) in [5.74, 6) is -3.54. The maximum absolute atomic E-state index is 12.1. The van der Waals surface area contributed by atoms with Crippen LogP contribution in [0.25, 0.3) is 0 Å². The van der Waals surface area contributed by atoms with Gasteiger partial charge < -0.3 is 29.3 Å². The van der Waals surface area contributed by atoms with Crippen LogP contribution in [-0.2, 0) is 13.2 Å². The lowest BCUT2D eigenvalue weighted by Crippen LogP contribution is -2.14. The minimum Gasteiger partial charge on any atom is -0.502 e. The van der Waals surface area contributed by atoms with Crippen LogP contribution in [0.15, 0.2) is 54.8 Å². The van der Waals surface area contributed by atoms with Crippen LogP contribution in [0, 0.1) is 6.92 Å². The summed E-state index contributed by atoms with van der Waals surface area (Å²) < 4.78 is 10.9. The zero-order chi connectivity index (χ0) is 20.4. The summed E-state index contributed by atoms with van der Waals surface area (Å²) in [4.78, 5) is 24.2. The van der Waals surface area contributed by atoms with Gasteiger partial charge in [0.25, 0.3) is 0 Å². The lowest BCUT2D eigenvalue weighted by atomic mass is 9.91. The molecule has 0 fully saturated rings. The van der Waals surface area contributed by atoms with E-state index >= 15 is 0 Å². The van der Waals surface area contributed by atoms with Crippen molar-refractivity contribution in [3.63, 3.8) is 0 Å². The summed E-state index contributed by atoms with van der Waals surface area (Å²) in [7, 11) is 0. The molecular formula is C20H18O8. The van der Waals surface area contributed by atoms with Crippen LogP contribution in [0.5, 0.6) is 11.5 Å². The van der Waals surface area contributed by atoms with Gasteiger partial charge in [0.05, 0.1) is 0 Å². The third-order valence-corrected chi connectivity index (χ3v) is 4.25. The summed E-state index contributed by atoms with van der Waals surface area (Å²) in [6.07, 6.45) is 0. The normalized spacial score (nSPS) is 11.1. The van der Waals surface area contributed by atoms with Gasteiger partial charge >= 0.3 is 0 Å². The molecule has 8 heteroatoms. The Morgan fingerprint density at radius 3 is 1.64 bits per heavy atom. The SMILES string of the molecule is Cc1ccc(C(c2oc(CO)cc(=O)c2O)c2oc(CO)cc(=O)c2O)cc1. The topological polar surface area (TPSA) is 141 Å². The van der Waals surface area contributed by atoms with Gasteiger partial charge in [-0.2, -0.15) is 0 Å². The van der Waals surface area contributed by atoms with Gasteiger partial charge in [-0.1, -0.05) is 29.8 Å². The van der Waals surface area contributed by atoms with E-state index in [-0.39, 0.29) is 23.0 Å². The Balaban J connectivity index is 2.37. The quantitative estimate of drug-likeness (QED) is 0.517. The summed E-state index contributed by atoms with van der Waals surface area (Å²) >= 11 is 0. The summed E-state index contributed by atoms with van der Waals surface area (Å²) in [5.41, 5.74) is -0.245. The second-order valence-corrected chi connectivity index (χ2v) is 6.24. The van der Waals surface area contributed by atoms with E-state index in [0.717, 1.165) is 17.7 Å². The highest BCUT2D eigenvalue weighted by Crippen LogP contribution is 2.39. The van der Waals surface area contributed by atoms with Crippen molar-refractivity contribution >= 4 is 0 Å². The van der Waals surface area contributed by atoms with Crippen LogP contribution in [0.2, 0.25) is 0 Å². The molecule has 0 unspecified atom stereocenters. The Morgan fingerprint density at radius 1 is 0.821 bits per heavy atom. The predicted molar refractivity (Wildman–Crippen MR) is 97.3 cm³/mol. The van der Waals surface area contributed by atoms with Crippen molar-refractivity contribution in [2.24, 2.45) is 0 Å². The zero-order valence-corrected chi connectivity index (χ0v) is 14.9. The molecule has 4 N–H and O–H groups in total. The molecule has 0 amide bonds. The van der Waals surface area contributed by atoms with E-state index in [2.05, 4.69) is 0 Å². The highest BCUT2D eigenvalue weighted by molar-refractivity contribution is 5.46. The molecule has 2 heterocycles. The number of aromatic hydroxyl groups is 2. The van der Waals surface area contributed by atoms with E-state index in [9.17, 15) is 30.0 Å². The van der Waals surface area contributed by atoms with Gasteiger partial charge in [-0.25, -0.2) is 0 Å². The molecule has 0 saturated carbocycles. The van der Waals surface area contributed by atoms with Crippen LogP contribution in [0.1, 0.15) is 40.1 Å². The van der Waals surface area contributed by atoms with Crippen LogP contribution < -0.4 is 10.9 Å². The maximum Gasteiger partial charge on any atom is 0.227 e. The van der Waals surface area contributed by atoms with Crippen molar-refractivity contribution in [3.8, 4) is 11.5 Å². The molecule has 0 bridgehead atoms. The molecule has 0 aliphatic rings. The molecule has 0 radical (unpaired) electrons. The highest BCUT2D eigenvalue weighted by Gasteiger charge is 2.31. The smallest absolute Gasteiger partial charge is 0.227 e. The molecule has 0 aliphatic carbocycles. The van der Waals surface area contributed by atoms with Gasteiger partial charge in [0.15, 0.2) is 11.5 Å². The third-order valence-electron chi connectivity index (χ3n) is 4.25. The number of hydrogen-bond donors (Lipinski definition) is 4. The molecule has 0 spiro atoms. The minimum absolute atomic E-state index is 0.116. The number of aliphatic hydroxyl groups is 2. The van der Waals surface area contributed by atoms with Crippen molar-refractivity contribution in [2.45, 2.75) is 26.1 Å². The Morgan fingerprint density at radius 2 is 1.25 bits per heavy atom. The monoisotopic (exact) mass is 386 g/mol. The van der Waals surface area contributed by atoms with Crippen molar-refractivity contribution in [2.75, 3.05) is 0 Å². The van der Waals surface area contributed by atoms with Gasteiger partial charge in [-0.15, -0.1) is 0 Å². The second-order valence-electron chi connectivity index (χ2n) is 6.24. The zero-order valence-electron chi connectivity index (χ0n) is 14.9. The first-order chi connectivity index (χ1) is 13.3. The standard InChI is InChI=1S/C20H18O8/c1-10-2-4-11(5-3-10)16(19-17(25)14(23)6-12(8-21)27-19)20-18(26)15(24)7-13(9-22)28-20/h2-7,16,21-22,25-26H,8-9H2,1H3. The number of benzene rings is 1. The number of hydrogen-bond acceptors (Lipinski definition) is 8. The number of aliphatic hydroxyl groups excluding tert-OH is 2. The van der Waals surface area contributed by atoms with Crippen molar-refractivity contribution in [3.05, 3.63) is 91.0 Å². The average molecular weight is 386 g/mol. The Hall–Kier alpha value is -3.36. The van der Waals surface area contributed by atoms with Crippen LogP contribution in [-0.4, -0.2) is 20.4 Å². The van der Waals surface area contributed by atoms with Gasteiger partial charge in [0.1, 0.15) is 30.7 Å². The van der Waals surface area contributed by atoms with E-state index in [4.69, 9.17) is 8.83 Å². The van der Waals surface area contributed by atoms with E-state index in [1.54, 1.807) is 24.3 Å². The van der Waals surface area contributed by atoms with E-state index in [0.29, 0.717) is 5.56 Å². The molecule has 8 nitrogen and oxygen atoms in total. The fourth-order valence-corrected chi connectivity index (χ4v) is 2.84. The first-order valence-corrected chi connectivity index (χ1v) is 8.35. The molecule has 0 atom stereocenters. The first kappa shape index (κ1) is 19.4. The fourth-order valence-electron chi connectivity index (χ4n) is 2.84. The Bertz CT molecular complexity index is 1040. The Labute approximate surface area is 158 Å². The van der Waals surface area contributed by atoms with Crippen LogP contribution in [0.3, 0.4) is 0 Å². The molecule has 146 valence electrons. The average Bonchev–Trinajstić information content (AvgIpc) is 2.69. The highest BCUT2D eigenvalue weighted by atomic mass is 16.4. The lowest BCUT2D eigenvalue weighted by Gasteiger charge is -2.19. The van der Waals surface area contributed by atoms with Gasteiger partial charge in [-0.05, 0) is 12.5 Å². The van der Waals surface area contributed by atoms with E-state index < -0.39 is 41.5 Å². The molecule has 0 aliphatic heterocycles. The van der Waals surface area contributed by atoms with Gasteiger partial charge in [-0.3, -0.25) is 9.59 Å². The second kappa shape index (κ2) is 7.71. The summed E-state index contributed by atoms with van der Waals surface area (Å²) in [6.45, 7) is 0.651. The Kier molecular flexibility index (Phi) is 5.34. The summed E-state index contributed by atoms with van der Waals surface area (Å²) in [5, 5.41) is 39.3. The van der Waals surface area contributed by atoms with Crippen molar-refractivity contribution < 1.29 is 29.3 Å². The van der Waals surface area contributed by atoms with Crippen molar-refractivity contribution in [1.82, 2.24) is 0 Å². The fraction of sp³-hybridized carbons (Fsp3) is 0.200. The lowest BCUT2D eigenvalue weighted by molar-refractivity contribution is 0.225. The molecule has 2 aromatic heterocycles. The molecule has 1 aromatic carbocycles. The molecule has 3 aromatic rings. The summed E-state index contributed by atoms with van der Waals surface area (Å²) in [6, 6.07) is 8.67. The van der Waals surface area contributed by atoms with Crippen LogP contribution in [0.4, 0.5) is 0 Å². The first-order valence-electron chi connectivity index (χ1n) is 8.35. The predicted octanol–water partition coefficient (Wildman–Crippen LogP) is 1.48. The largest absolute Gasteiger partial charge is 0.502 e. The van der Waals surface area contributed by atoms with Gasteiger partial charge in [0.2, 0.25) is 22.4 Å². The molecule has 28 heavy (non-hydrogen) atoms. The number of rotatable bonds is 5. The van der Waals surface area contributed by atoms with Crippen LogP contribution >= 0.6 is 0 Å². The van der Waals surface area contributed by atoms with Gasteiger partial charge in [0, 0.05) is 12.1 Å². The maximum atomic E-state index is 12.1. The molecular weight excluding hydrogens is 368 g/mol. The minimum atomic E-state index is -1.18. The molecule has 0 saturated heterocycles. The van der Waals surface area contributed by atoms with E-state index in [1.165, 1.54) is 0 Å². The van der Waals surface area contributed by atoms with E-state index in [1.807, 2.05) is 6.92 Å². The third kappa shape index (κ3) is 3.55. The van der Waals surface area contributed by atoms with Crippen molar-refractivity contribution in [1.29, 1.82) is 0 Å². The number of aryl methyl sites for hydroxylation is 1. The molecule has 3 rings (SSSR count).